The van der Waals surface area contributed by atoms with Crippen molar-refractivity contribution in [1.82, 2.24) is 4.57 Å². The molecule has 0 unspecified atom stereocenters. The third kappa shape index (κ3) is 2.35. The lowest BCUT2D eigenvalue weighted by Gasteiger charge is -2.41. The summed E-state index contributed by atoms with van der Waals surface area (Å²) >= 11 is 0. The lowest BCUT2D eigenvalue weighted by Crippen LogP contribution is -2.61. The molecule has 0 spiro atoms. The van der Waals surface area contributed by atoms with Crippen LogP contribution in [0.5, 0.6) is 0 Å². The molecule has 0 amide bonds. The van der Waals surface area contributed by atoms with Gasteiger partial charge in [0.15, 0.2) is 5.79 Å². The molecule has 4 N–H and O–H groups in total. The summed E-state index contributed by atoms with van der Waals surface area (Å²) in [6, 6.07) is 7.70. The van der Waals surface area contributed by atoms with Gasteiger partial charge in [-0.2, -0.15) is 0 Å². The van der Waals surface area contributed by atoms with Crippen LogP contribution in [0, 0.1) is 0 Å². The molecule has 1 aliphatic heterocycles. The van der Waals surface area contributed by atoms with Crippen LogP contribution in [0.4, 0.5) is 0 Å². The number of ether oxygens (including phenoxy) is 1. The number of nitrogens with zero attached hydrogens (tertiary/aromatic N) is 1. The highest BCUT2D eigenvalue weighted by Crippen LogP contribution is 2.31. The van der Waals surface area contributed by atoms with Crippen molar-refractivity contribution in [3.63, 3.8) is 0 Å². The standard InChI is InChI=1S/C15H19NO5/c1-16-7-9(10-4-2-3-5-11(10)16)6-15(20)14(19)13(18)12(17)8-21-15/h2-5,7,12-14,17-20H,6,8H2,1H3/t12-,13+,14+,15+/m0/s1. The van der Waals surface area contributed by atoms with E-state index in [1.54, 1.807) is 0 Å². The van der Waals surface area contributed by atoms with Gasteiger partial charge in [-0.05, 0) is 11.6 Å². The van der Waals surface area contributed by atoms with Gasteiger partial charge in [0.1, 0.15) is 18.3 Å². The van der Waals surface area contributed by atoms with Crippen LogP contribution < -0.4 is 0 Å². The van der Waals surface area contributed by atoms with Gasteiger partial charge < -0.3 is 29.7 Å². The first-order valence-corrected chi connectivity index (χ1v) is 6.86. The monoisotopic (exact) mass is 293 g/mol. The molecule has 1 aromatic heterocycles. The van der Waals surface area contributed by atoms with Gasteiger partial charge in [0.25, 0.3) is 0 Å². The van der Waals surface area contributed by atoms with Gasteiger partial charge in [-0.3, -0.25) is 0 Å². The number of benzene rings is 1. The first kappa shape index (κ1) is 14.5. The van der Waals surface area contributed by atoms with Crippen molar-refractivity contribution in [3.05, 3.63) is 36.0 Å². The minimum absolute atomic E-state index is 0.0271. The fourth-order valence-electron chi connectivity index (χ4n) is 2.89. The number of para-hydroxylation sites is 1. The van der Waals surface area contributed by atoms with Gasteiger partial charge in [0.2, 0.25) is 0 Å². The van der Waals surface area contributed by atoms with Crippen molar-refractivity contribution in [2.45, 2.75) is 30.5 Å². The van der Waals surface area contributed by atoms with Crippen LogP contribution >= 0.6 is 0 Å². The molecule has 114 valence electrons. The molecule has 4 atom stereocenters. The van der Waals surface area contributed by atoms with E-state index in [9.17, 15) is 20.4 Å². The van der Waals surface area contributed by atoms with Crippen LogP contribution in [0.2, 0.25) is 0 Å². The van der Waals surface area contributed by atoms with Crippen LogP contribution in [0.1, 0.15) is 5.56 Å². The maximum Gasteiger partial charge on any atom is 0.198 e. The number of fused-ring (bicyclic) bond motifs is 1. The molecule has 1 aliphatic rings. The highest BCUT2D eigenvalue weighted by molar-refractivity contribution is 5.84. The molecule has 3 rings (SSSR count). The van der Waals surface area contributed by atoms with E-state index in [2.05, 4.69) is 0 Å². The van der Waals surface area contributed by atoms with E-state index in [0.717, 1.165) is 16.5 Å². The van der Waals surface area contributed by atoms with Gasteiger partial charge in [0, 0.05) is 30.6 Å². The molecule has 0 bridgehead atoms. The van der Waals surface area contributed by atoms with Crippen molar-refractivity contribution >= 4 is 10.9 Å². The maximum absolute atomic E-state index is 10.5. The Morgan fingerprint density at radius 1 is 1.29 bits per heavy atom. The van der Waals surface area contributed by atoms with Crippen molar-refractivity contribution in [2.24, 2.45) is 7.05 Å². The number of hydrogen-bond acceptors (Lipinski definition) is 5. The molecule has 6 nitrogen and oxygen atoms in total. The maximum atomic E-state index is 10.5. The van der Waals surface area contributed by atoms with Crippen molar-refractivity contribution in [2.75, 3.05) is 6.61 Å². The Kier molecular flexibility index (Phi) is 3.51. The highest BCUT2D eigenvalue weighted by atomic mass is 16.6. The van der Waals surface area contributed by atoms with E-state index >= 15 is 0 Å². The Morgan fingerprint density at radius 3 is 2.76 bits per heavy atom. The summed E-state index contributed by atoms with van der Waals surface area (Å²) in [6.07, 6.45) is -2.32. The summed E-state index contributed by atoms with van der Waals surface area (Å²) in [6.45, 7) is -0.223. The minimum atomic E-state index is -1.91. The Morgan fingerprint density at radius 2 is 2.00 bits per heavy atom. The topological polar surface area (TPSA) is 95.1 Å². The summed E-state index contributed by atoms with van der Waals surface area (Å²) in [5, 5.41) is 40.7. The van der Waals surface area contributed by atoms with Gasteiger partial charge in [0.05, 0.1) is 6.61 Å². The van der Waals surface area contributed by atoms with Crippen molar-refractivity contribution < 1.29 is 25.2 Å². The summed E-state index contributed by atoms with van der Waals surface area (Å²) in [5.74, 6) is -1.91. The number of aryl methyl sites for hydroxylation is 1. The summed E-state index contributed by atoms with van der Waals surface area (Å²) in [5.41, 5.74) is 1.81. The van der Waals surface area contributed by atoms with Crippen molar-refractivity contribution in [1.29, 1.82) is 0 Å². The zero-order chi connectivity index (χ0) is 15.2. The molecule has 0 radical (unpaired) electrons. The predicted molar refractivity (Wildman–Crippen MR) is 75.5 cm³/mol. The summed E-state index contributed by atoms with van der Waals surface area (Å²) in [7, 11) is 1.90. The van der Waals surface area contributed by atoms with Gasteiger partial charge in [-0.25, -0.2) is 0 Å². The Hall–Kier alpha value is -1.44. The second-order valence-corrected chi connectivity index (χ2v) is 5.62. The van der Waals surface area contributed by atoms with Crippen LogP contribution in [-0.4, -0.2) is 55.7 Å². The second-order valence-electron chi connectivity index (χ2n) is 5.62. The predicted octanol–water partition coefficient (Wildman–Crippen LogP) is -0.478. The van der Waals surface area contributed by atoms with E-state index in [4.69, 9.17) is 4.74 Å². The van der Waals surface area contributed by atoms with Crippen LogP contribution in [-0.2, 0) is 18.2 Å². The lowest BCUT2D eigenvalue weighted by molar-refractivity contribution is -0.320. The zero-order valence-corrected chi connectivity index (χ0v) is 11.7. The molecule has 21 heavy (non-hydrogen) atoms. The van der Waals surface area contributed by atoms with Crippen molar-refractivity contribution in [3.8, 4) is 0 Å². The Balaban J connectivity index is 1.94. The highest BCUT2D eigenvalue weighted by Gasteiger charge is 2.48. The van der Waals surface area contributed by atoms with Gasteiger partial charge >= 0.3 is 0 Å². The lowest BCUT2D eigenvalue weighted by atomic mass is 9.91. The SMILES string of the molecule is Cn1cc(C[C@@]2(O)OC[C@H](O)[C@@H](O)[C@H]2O)c2ccccc21. The number of aliphatic hydroxyl groups is 4. The van der Waals surface area contributed by atoms with Gasteiger partial charge in [-0.1, -0.05) is 18.2 Å². The molecule has 1 saturated heterocycles. The van der Waals surface area contributed by atoms with E-state index in [1.165, 1.54) is 0 Å². The number of aromatic nitrogens is 1. The zero-order valence-electron chi connectivity index (χ0n) is 11.7. The summed E-state index contributed by atoms with van der Waals surface area (Å²) in [4.78, 5) is 0. The first-order valence-electron chi connectivity index (χ1n) is 6.86. The second kappa shape index (κ2) is 5.08. The molecular formula is C15H19NO5. The molecule has 1 aromatic carbocycles. The fraction of sp³-hybridized carbons (Fsp3) is 0.467. The summed E-state index contributed by atoms with van der Waals surface area (Å²) < 4.78 is 7.13. The molecule has 6 heteroatoms. The Bertz CT molecular complexity index is 655. The normalized spacial score (nSPS) is 33.5. The van der Waals surface area contributed by atoms with Crippen LogP contribution in [0.15, 0.2) is 30.5 Å². The molecule has 2 heterocycles. The quantitative estimate of drug-likeness (QED) is 0.600. The third-order valence-corrected chi connectivity index (χ3v) is 4.11. The molecule has 1 fully saturated rings. The number of rotatable bonds is 2. The third-order valence-electron chi connectivity index (χ3n) is 4.11. The first-order chi connectivity index (χ1) is 9.92. The van der Waals surface area contributed by atoms with E-state index in [0.29, 0.717) is 0 Å². The smallest absolute Gasteiger partial charge is 0.198 e. The number of hydrogen-bond donors (Lipinski definition) is 4. The Labute approximate surface area is 121 Å². The largest absolute Gasteiger partial charge is 0.388 e. The fourth-order valence-corrected chi connectivity index (χ4v) is 2.89. The average Bonchev–Trinajstić information content (AvgIpc) is 2.78. The van der Waals surface area contributed by atoms with E-state index in [-0.39, 0.29) is 13.0 Å². The molecule has 0 aliphatic carbocycles. The van der Waals surface area contributed by atoms with E-state index in [1.807, 2.05) is 42.1 Å². The molecule has 0 saturated carbocycles. The van der Waals surface area contributed by atoms with E-state index < -0.39 is 24.1 Å². The molecule has 2 aromatic rings. The van der Waals surface area contributed by atoms with Gasteiger partial charge in [-0.15, -0.1) is 0 Å². The minimum Gasteiger partial charge on any atom is -0.388 e. The number of aliphatic hydroxyl groups excluding tert-OH is 3. The average molecular weight is 293 g/mol. The molecular weight excluding hydrogens is 274 g/mol. The van der Waals surface area contributed by atoms with Crippen LogP contribution in [0.3, 0.4) is 0 Å². The van der Waals surface area contributed by atoms with Crippen LogP contribution in [0.25, 0.3) is 10.9 Å².